The standard InChI is InChI=1S/C25H26N2O2/c1-17-10-11-23(18(2)16-17)26-24(28)20-12-14-27(15-13-20)25(29)22-9-5-7-19-6-3-4-8-21(19)22/h3-11,16,20H,12-15H2,1-2H3,(H,26,28). The molecule has 4 heteroatoms. The van der Waals surface area contributed by atoms with E-state index in [4.69, 9.17) is 0 Å². The molecule has 4 rings (SSSR count). The van der Waals surface area contributed by atoms with Gasteiger partial charge >= 0.3 is 0 Å². The first-order valence-corrected chi connectivity index (χ1v) is 10.2. The van der Waals surface area contributed by atoms with Crippen LogP contribution in [0.4, 0.5) is 5.69 Å². The van der Waals surface area contributed by atoms with Crippen LogP contribution in [0.2, 0.25) is 0 Å². The van der Waals surface area contributed by atoms with E-state index in [1.807, 2.05) is 73.3 Å². The molecule has 0 aliphatic carbocycles. The minimum Gasteiger partial charge on any atom is -0.339 e. The highest BCUT2D eigenvalue weighted by molar-refractivity contribution is 6.07. The minimum absolute atomic E-state index is 0.0502. The Morgan fingerprint density at radius 2 is 1.66 bits per heavy atom. The van der Waals surface area contributed by atoms with Crippen LogP contribution >= 0.6 is 0 Å². The third kappa shape index (κ3) is 4.02. The van der Waals surface area contributed by atoms with E-state index < -0.39 is 0 Å². The molecule has 0 atom stereocenters. The molecule has 1 saturated heterocycles. The van der Waals surface area contributed by atoms with Crippen molar-refractivity contribution in [2.24, 2.45) is 5.92 Å². The molecular weight excluding hydrogens is 360 g/mol. The third-order valence-electron chi connectivity index (χ3n) is 5.81. The van der Waals surface area contributed by atoms with Crippen molar-refractivity contribution in [2.75, 3.05) is 18.4 Å². The molecule has 1 N–H and O–H groups in total. The molecular formula is C25H26N2O2. The molecule has 0 aromatic heterocycles. The number of hydrogen-bond acceptors (Lipinski definition) is 2. The molecule has 0 bridgehead atoms. The van der Waals surface area contributed by atoms with Gasteiger partial charge in [0, 0.05) is 30.3 Å². The zero-order valence-electron chi connectivity index (χ0n) is 16.9. The van der Waals surface area contributed by atoms with Crippen molar-refractivity contribution in [3.05, 3.63) is 77.4 Å². The van der Waals surface area contributed by atoms with Crippen molar-refractivity contribution in [1.82, 2.24) is 4.90 Å². The van der Waals surface area contributed by atoms with Gasteiger partial charge in [-0.15, -0.1) is 0 Å². The van der Waals surface area contributed by atoms with E-state index in [-0.39, 0.29) is 17.7 Å². The molecule has 0 radical (unpaired) electrons. The summed E-state index contributed by atoms with van der Waals surface area (Å²) in [6, 6.07) is 19.8. The number of amides is 2. The molecule has 1 aliphatic heterocycles. The molecule has 1 heterocycles. The van der Waals surface area contributed by atoms with Crippen LogP contribution in [0.5, 0.6) is 0 Å². The van der Waals surface area contributed by atoms with Crippen molar-refractivity contribution in [3.63, 3.8) is 0 Å². The van der Waals surface area contributed by atoms with E-state index in [1.165, 1.54) is 5.56 Å². The summed E-state index contributed by atoms with van der Waals surface area (Å²) in [6.07, 6.45) is 1.38. The molecule has 3 aromatic carbocycles. The van der Waals surface area contributed by atoms with Gasteiger partial charge in [0.15, 0.2) is 0 Å². The van der Waals surface area contributed by atoms with Crippen LogP contribution in [0.25, 0.3) is 10.8 Å². The fourth-order valence-corrected chi connectivity index (χ4v) is 4.12. The van der Waals surface area contributed by atoms with Gasteiger partial charge < -0.3 is 10.2 Å². The predicted molar refractivity (Wildman–Crippen MR) is 117 cm³/mol. The average Bonchev–Trinajstić information content (AvgIpc) is 2.75. The fourth-order valence-electron chi connectivity index (χ4n) is 4.12. The monoisotopic (exact) mass is 386 g/mol. The number of anilines is 1. The number of nitrogens with zero attached hydrogens (tertiary/aromatic N) is 1. The molecule has 1 aliphatic rings. The number of aryl methyl sites for hydroxylation is 2. The average molecular weight is 386 g/mol. The summed E-state index contributed by atoms with van der Waals surface area (Å²) < 4.78 is 0. The zero-order chi connectivity index (χ0) is 20.4. The van der Waals surface area contributed by atoms with Crippen LogP contribution in [0, 0.1) is 19.8 Å². The normalized spacial score (nSPS) is 14.8. The predicted octanol–water partition coefficient (Wildman–Crippen LogP) is 4.95. The Morgan fingerprint density at radius 3 is 2.41 bits per heavy atom. The van der Waals surface area contributed by atoms with E-state index in [2.05, 4.69) is 11.4 Å². The second-order valence-corrected chi connectivity index (χ2v) is 7.90. The summed E-state index contributed by atoms with van der Waals surface area (Å²) >= 11 is 0. The summed E-state index contributed by atoms with van der Waals surface area (Å²) in [5.41, 5.74) is 3.86. The molecule has 0 saturated carbocycles. The maximum absolute atomic E-state index is 13.1. The molecule has 3 aromatic rings. The molecule has 29 heavy (non-hydrogen) atoms. The number of likely N-dealkylation sites (tertiary alicyclic amines) is 1. The molecule has 2 amide bonds. The minimum atomic E-state index is -0.0627. The van der Waals surface area contributed by atoms with E-state index in [9.17, 15) is 9.59 Å². The topological polar surface area (TPSA) is 49.4 Å². The molecule has 0 spiro atoms. The Balaban J connectivity index is 1.41. The quantitative estimate of drug-likeness (QED) is 0.693. The molecule has 1 fully saturated rings. The SMILES string of the molecule is Cc1ccc(NC(=O)C2CCN(C(=O)c3cccc4ccccc34)CC2)c(C)c1. The van der Waals surface area contributed by atoms with Gasteiger partial charge in [-0.05, 0) is 55.2 Å². The van der Waals surface area contributed by atoms with E-state index in [0.717, 1.165) is 27.6 Å². The largest absolute Gasteiger partial charge is 0.339 e. The van der Waals surface area contributed by atoms with Crippen LogP contribution in [0.1, 0.15) is 34.3 Å². The third-order valence-corrected chi connectivity index (χ3v) is 5.81. The van der Waals surface area contributed by atoms with Crippen molar-refractivity contribution >= 4 is 28.3 Å². The zero-order valence-corrected chi connectivity index (χ0v) is 16.9. The van der Waals surface area contributed by atoms with Gasteiger partial charge in [0.05, 0.1) is 0 Å². The van der Waals surface area contributed by atoms with Gasteiger partial charge in [0.1, 0.15) is 0 Å². The van der Waals surface area contributed by atoms with Crippen molar-refractivity contribution in [2.45, 2.75) is 26.7 Å². The lowest BCUT2D eigenvalue weighted by atomic mass is 9.94. The lowest BCUT2D eigenvalue weighted by molar-refractivity contribution is -0.121. The highest BCUT2D eigenvalue weighted by atomic mass is 16.2. The van der Waals surface area contributed by atoms with Crippen LogP contribution < -0.4 is 5.32 Å². The Morgan fingerprint density at radius 1 is 0.931 bits per heavy atom. The highest BCUT2D eigenvalue weighted by Gasteiger charge is 2.28. The van der Waals surface area contributed by atoms with Gasteiger partial charge in [-0.2, -0.15) is 0 Å². The first-order chi connectivity index (χ1) is 14.0. The molecule has 4 nitrogen and oxygen atoms in total. The van der Waals surface area contributed by atoms with Gasteiger partial charge in [-0.1, -0.05) is 54.1 Å². The Hall–Kier alpha value is -3.14. The molecule has 148 valence electrons. The lowest BCUT2D eigenvalue weighted by Crippen LogP contribution is -2.41. The van der Waals surface area contributed by atoms with E-state index >= 15 is 0 Å². The lowest BCUT2D eigenvalue weighted by Gasteiger charge is -2.31. The van der Waals surface area contributed by atoms with E-state index in [1.54, 1.807) is 0 Å². The molecule has 0 unspecified atom stereocenters. The number of benzene rings is 3. The number of carbonyl (C=O) groups is 2. The van der Waals surface area contributed by atoms with Gasteiger partial charge in [-0.3, -0.25) is 9.59 Å². The number of carbonyl (C=O) groups excluding carboxylic acids is 2. The Kier molecular flexibility index (Phi) is 5.34. The summed E-state index contributed by atoms with van der Waals surface area (Å²) in [7, 11) is 0. The summed E-state index contributed by atoms with van der Waals surface area (Å²) in [5.74, 6) is 0.0384. The van der Waals surface area contributed by atoms with Crippen LogP contribution in [0.15, 0.2) is 60.7 Å². The summed E-state index contributed by atoms with van der Waals surface area (Å²) in [4.78, 5) is 27.7. The number of nitrogens with one attached hydrogen (secondary N) is 1. The summed E-state index contributed by atoms with van der Waals surface area (Å²) in [5, 5.41) is 5.12. The number of rotatable bonds is 3. The highest BCUT2D eigenvalue weighted by Crippen LogP contribution is 2.25. The number of hydrogen-bond donors (Lipinski definition) is 1. The number of fused-ring (bicyclic) bond motifs is 1. The second-order valence-electron chi connectivity index (χ2n) is 7.90. The maximum Gasteiger partial charge on any atom is 0.254 e. The van der Waals surface area contributed by atoms with E-state index in [0.29, 0.717) is 25.9 Å². The van der Waals surface area contributed by atoms with Gasteiger partial charge in [0.25, 0.3) is 5.91 Å². The van der Waals surface area contributed by atoms with Crippen molar-refractivity contribution < 1.29 is 9.59 Å². The Labute approximate surface area is 171 Å². The van der Waals surface area contributed by atoms with Crippen LogP contribution in [0.3, 0.4) is 0 Å². The van der Waals surface area contributed by atoms with Crippen LogP contribution in [-0.2, 0) is 4.79 Å². The Bertz CT molecular complexity index is 1060. The fraction of sp³-hybridized carbons (Fsp3) is 0.280. The van der Waals surface area contributed by atoms with Crippen molar-refractivity contribution in [3.8, 4) is 0 Å². The first-order valence-electron chi connectivity index (χ1n) is 10.2. The number of piperidine rings is 1. The van der Waals surface area contributed by atoms with Gasteiger partial charge in [0.2, 0.25) is 5.91 Å². The summed E-state index contributed by atoms with van der Waals surface area (Å²) in [6.45, 7) is 5.26. The van der Waals surface area contributed by atoms with Crippen LogP contribution in [-0.4, -0.2) is 29.8 Å². The smallest absolute Gasteiger partial charge is 0.254 e. The van der Waals surface area contributed by atoms with Crippen molar-refractivity contribution in [1.29, 1.82) is 0 Å². The second kappa shape index (κ2) is 8.08. The van der Waals surface area contributed by atoms with Gasteiger partial charge in [-0.25, -0.2) is 0 Å². The maximum atomic E-state index is 13.1. The first kappa shape index (κ1) is 19.2.